The molecule has 0 aliphatic heterocycles. The summed E-state index contributed by atoms with van der Waals surface area (Å²) >= 11 is 0. The normalized spacial score (nSPS) is 12.3. The van der Waals surface area contributed by atoms with E-state index in [1.165, 1.54) is 167 Å². The molecule has 0 N–H and O–H groups in total. The van der Waals surface area contributed by atoms with Gasteiger partial charge in [0, 0.05) is 19.3 Å². The van der Waals surface area contributed by atoms with Gasteiger partial charge in [0.2, 0.25) is 0 Å². The minimum Gasteiger partial charge on any atom is -0.462 e. The van der Waals surface area contributed by atoms with Crippen molar-refractivity contribution in [3.63, 3.8) is 0 Å². The predicted octanol–water partition coefficient (Wildman–Crippen LogP) is 19.0. The van der Waals surface area contributed by atoms with Crippen molar-refractivity contribution >= 4 is 17.9 Å². The van der Waals surface area contributed by atoms with Crippen LogP contribution < -0.4 is 0 Å². The second-order valence-electron chi connectivity index (χ2n) is 19.2. The van der Waals surface area contributed by atoms with Crippen molar-refractivity contribution in [2.24, 2.45) is 0 Å². The molecule has 0 radical (unpaired) electrons. The highest BCUT2D eigenvalue weighted by molar-refractivity contribution is 5.71. The third-order valence-electron chi connectivity index (χ3n) is 12.6. The van der Waals surface area contributed by atoms with Gasteiger partial charge in [-0.2, -0.15) is 0 Å². The molecule has 0 aliphatic rings. The molecular formula is C60H108O6. The third kappa shape index (κ3) is 52.3. The molecule has 6 heteroatoms. The van der Waals surface area contributed by atoms with E-state index in [4.69, 9.17) is 14.2 Å². The summed E-state index contributed by atoms with van der Waals surface area (Å²) in [6, 6.07) is 0. The molecule has 1 unspecified atom stereocenters. The fraction of sp³-hybridized carbons (Fsp3) is 0.817. The molecule has 0 amide bonds. The molecule has 1 atom stereocenters. The molecule has 0 aromatic carbocycles. The Labute approximate surface area is 409 Å². The first-order valence-corrected chi connectivity index (χ1v) is 28.6. The van der Waals surface area contributed by atoms with E-state index in [1.54, 1.807) is 0 Å². The molecule has 384 valence electrons. The highest BCUT2D eigenvalue weighted by atomic mass is 16.6. The van der Waals surface area contributed by atoms with Gasteiger partial charge in [-0.25, -0.2) is 0 Å². The summed E-state index contributed by atoms with van der Waals surface area (Å²) in [6.07, 6.45) is 66.7. The molecule has 0 bridgehead atoms. The molecule has 0 rings (SSSR count). The molecule has 0 saturated heterocycles. The summed E-state index contributed by atoms with van der Waals surface area (Å²) in [6.45, 7) is 6.54. The second-order valence-corrected chi connectivity index (χ2v) is 19.2. The standard InChI is InChI=1S/C60H108O6/c1-4-7-10-13-16-19-22-25-28-30-32-35-38-41-44-47-50-53-59(62)65-56-57(55-64-58(61)52-49-46-43-40-37-34-27-24-21-18-15-12-9-6-3)66-60(63)54-51-48-45-42-39-36-33-31-29-26-23-20-17-14-11-8-5-2/h7,10,16,19,24-25,27-28,57H,4-6,8-9,11-15,17-18,20-23,26,29-56H2,1-3H3/b10-7-,19-16-,27-24-,28-25-. The molecule has 0 aliphatic carbocycles. The zero-order valence-electron chi connectivity index (χ0n) is 44.0. The van der Waals surface area contributed by atoms with Gasteiger partial charge in [0.25, 0.3) is 0 Å². The number of hydrogen-bond donors (Lipinski definition) is 0. The summed E-state index contributed by atoms with van der Waals surface area (Å²) in [7, 11) is 0. The van der Waals surface area contributed by atoms with Gasteiger partial charge in [0.1, 0.15) is 13.2 Å². The van der Waals surface area contributed by atoms with Crippen LogP contribution in [-0.2, 0) is 28.6 Å². The third-order valence-corrected chi connectivity index (χ3v) is 12.6. The van der Waals surface area contributed by atoms with Crippen molar-refractivity contribution in [1.29, 1.82) is 0 Å². The van der Waals surface area contributed by atoms with Gasteiger partial charge in [-0.1, -0.05) is 249 Å². The van der Waals surface area contributed by atoms with Crippen LogP contribution in [0.25, 0.3) is 0 Å². The van der Waals surface area contributed by atoms with E-state index in [1.807, 2.05) is 0 Å². The zero-order chi connectivity index (χ0) is 47.9. The van der Waals surface area contributed by atoms with E-state index in [0.717, 1.165) is 89.9 Å². The topological polar surface area (TPSA) is 78.9 Å². The lowest BCUT2D eigenvalue weighted by atomic mass is 10.0. The van der Waals surface area contributed by atoms with Crippen LogP contribution in [0.3, 0.4) is 0 Å². The first kappa shape index (κ1) is 63.4. The summed E-state index contributed by atoms with van der Waals surface area (Å²) in [4.78, 5) is 38.1. The van der Waals surface area contributed by atoms with Crippen molar-refractivity contribution in [3.05, 3.63) is 48.6 Å². The van der Waals surface area contributed by atoms with Crippen LogP contribution in [0.5, 0.6) is 0 Å². The largest absolute Gasteiger partial charge is 0.462 e. The Morgan fingerprint density at radius 2 is 0.591 bits per heavy atom. The van der Waals surface area contributed by atoms with Gasteiger partial charge in [-0.3, -0.25) is 14.4 Å². The molecule has 6 nitrogen and oxygen atoms in total. The number of rotatable bonds is 52. The van der Waals surface area contributed by atoms with Gasteiger partial charge in [-0.15, -0.1) is 0 Å². The number of ether oxygens (including phenoxy) is 3. The van der Waals surface area contributed by atoms with E-state index in [9.17, 15) is 14.4 Å². The molecule has 0 spiro atoms. The predicted molar refractivity (Wildman–Crippen MR) is 284 cm³/mol. The average molecular weight is 926 g/mol. The van der Waals surface area contributed by atoms with Crippen LogP contribution in [0.1, 0.15) is 297 Å². The van der Waals surface area contributed by atoms with Gasteiger partial charge in [0.15, 0.2) is 6.10 Å². The average Bonchev–Trinajstić information content (AvgIpc) is 3.31. The maximum Gasteiger partial charge on any atom is 0.306 e. The minimum atomic E-state index is -0.778. The fourth-order valence-electron chi connectivity index (χ4n) is 8.28. The van der Waals surface area contributed by atoms with Crippen molar-refractivity contribution in [2.75, 3.05) is 13.2 Å². The van der Waals surface area contributed by atoms with Crippen LogP contribution in [-0.4, -0.2) is 37.2 Å². The molecule has 0 saturated carbocycles. The Morgan fingerprint density at radius 3 is 0.939 bits per heavy atom. The van der Waals surface area contributed by atoms with Gasteiger partial charge in [0.05, 0.1) is 0 Å². The quantitative estimate of drug-likeness (QED) is 0.0262. The highest BCUT2D eigenvalue weighted by Gasteiger charge is 2.19. The van der Waals surface area contributed by atoms with E-state index in [-0.39, 0.29) is 31.1 Å². The number of carbonyl (C=O) groups excluding carboxylic acids is 3. The first-order chi connectivity index (χ1) is 32.5. The lowest BCUT2D eigenvalue weighted by molar-refractivity contribution is -0.167. The van der Waals surface area contributed by atoms with E-state index in [0.29, 0.717) is 19.3 Å². The number of unbranched alkanes of at least 4 members (excludes halogenated alkanes) is 33. The van der Waals surface area contributed by atoms with E-state index < -0.39 is 6.10 Å². The molecular weight excluding hydrogens is 817 g/mol. The number of hydrogen-bond acceptors (Lipinski definition) is 6. The maximum absolute atomic E-state index is 12.9. The Kier molecular flexibility index (Phi) is 52.8. The van der Waals surface area contributed by atoms with E-state index >= 15 is 0 Å². The van der Waals surface area contributed by atoms with Gasteiger partial charge in [-0.05, 0) is 77.0 Å². The van der Waals surface area contributed by atoms with Crippen molar-refractivity contribution in [3.8, 4) is 0 Å². The first-order valence-electron chi connectivity index (χ1n) is 28.6. The van der Waals surface area contributed by atoms with Gasteiger partial charge < -0.3 is 14.2 Å². The summed E-state index contributed by atoms with van der Waals surface area (Å²) in [5.74, 6) is -0.880. The molecule has 0 fully saturated rings. The zero-order valence-corrected chi connectivity index (χ0v) is 44.0. The second kappa shape index (κ2) is 55.0. The van der Waals surface area contributed by atoms with Gasteiger partial charge >= 0.3 is 17.9 Å². The van der Waals surface area contributed by atoms with Crippen molar-refractivity contribution < 1.29 is 28.6 Å². The van der Waals surface area contributed by atoms with Crippen LogP contribution in [0.2, 0.25) is 0 Å². The lowest BCUT2D eigenvalue weighted by Crippen LogP contribution is -2.30. The number of esters is 3. The maximum atomic E-state index is 12.9. The van der Waals surface area contributed by atoms with Crippen LogP contribution in [0, 0.1) is 0 Å². The van der Waals surface area contributed by atoms with Crippen LogP contribution in [0.4, 0.5) is 0 Å². The molecule has 0 heterocycles. The number of carbonyl (C=O) groups is 3. The number of allylic oxidation sites excluding steroid dienone is 8. The minimum absolute atomic E-state index is 0.0778. The van der Waals surface area contributed by atoms with Crippen LogP contribution in [0.15, 0.2) is 48.6 Å². The lowest BCUT2D eigenvalue weighted by Gasteiger charge is -2.18. The Morgan fingerprint density at radius 1 is 0.318 bits per heavy atom. The Hall–Kier alpha value is -2.63. The summed E-state index contributed by atoms with van der Waals surface area (Å²) in [5.41, 5.74) is 0. The SMILES string of the molecule is CC/C=C\C/C=C\C/C=C\CCCCCCCCCC(=O)OCC(COC(=O)CCCCCCC/C=C\CCCCCCC)OC(=O)CCCCCCCCCCCCCCCCCCC. The van der Waals surface area contributed by atoms with Crippen LogP contribution >= 0.6 is 0 Å². The highest BCUT2D eigenvalue weighted by Crippen LogP contribution is 2.16. The molecule has 66 heavy (non-hydrogen) atoms. The molecule has 0 aromatic heterocycles. The monoisotopic (exact) mass is 925 g/mol. The fourth-order valence-corrected chi connectivity index (χ4v) is 8.28. The Bertz CT molecular complexity index is 1150. The van der Waals surface area contributed by atoms with E-state index in [2.05, 4.69) is 69.4 Å². The summed E-state index contributed by atoms with van der Waals surface area (Å²) in [5, 5.41) is 0. The summed E-state index contributed by atoms with van der Waals surface area (Å²) < 4.78 is 16.9. The van der Waals surface area contributed by atoms with Crippen molar-refractivity contribution in [1.82, 2.24) is 0 Å². The smallest absolute Gasteiger partial charge is 0.306 e. The molecule has 0 aromatic rings. The Balaban J connectivity index is 4.37. The van der Waals surface area contributed by atoms with Crippen molar-refractivity contribution in [2.45, 2.75) is 303 Å².